The van der Waals surface area contributed by atoms with Gasteiger partial charge in [0.15, 0.2) is 23.0 Å². The predicted octanol–water partition coefficient (Wildman–Crippen LogP) is 4.47. The molecule has 0 atom stereocenters. The van der Waals surface area contributed by atoms with Gasteiger partial charge in [0.2, 0.25) is 0 Å². The van der Waals surface area contributed by atoms with E-state index in [4.69, 9.17) is 28.4 Å². The first kappa shape index (κ1) is 23.5. The van der Waals surface area contributed by atoms with Gasteiger partial charge < -0.3 is 28.4 Å². The number of carbonyl (C=O) groups is 2. The number of hydrogen-bond acceptors (Lipinski definition) is 8. The molecule has 0 aliphatic heterocycles. The maximum Gasteiger partial charge on any atom is 0.343 e. The molecule has 8 nitrogen and oxygen atoms in total. The van der Waals surface area contributed by atoms with Gasteiger partial charge in [-0.3, -0.25) is 0 Å². The number of aryl methyl sites for hydroxylation is 1. The van der Waals surface area contributed by atoms with Crippen molar-refractivity contribution in [1.82, 2.24) is 0 Å². The van der Waals surface area contributed by atoms with Gasteiger partial charge in [0.1, 0.15) is 11.5 Å². The van der Waals surface area contributed by atoms with Crippen molar-refractivity contribution in [3.05, 3.63) is 71.3 Å². The molecule has 0 aliphatic carbocycles. The average Bonchev–Trinajstić information content (AvgIpc) is 2.82. The Kier molecular flexibility index (Phi) is 7.40. The Morgan fingerprint density at radius 2 is 0.939 bits per heavy atom. The van der Waals surface area contributed by atoms with Crippen LogP contribution in [0.2, 0.25) is 0 Å². The Morgan fingerprint density at radius 1 is 0.545 bits per heavy atom. The van der Waals surface area contributed by atoms with Gasteiger partial charge in [-0.2, -0.15) is 0 Å². The topological polar surface area (TPSA) is 89.5 Å². The molecule has 3 rings (SSSR count). The van der Waals surface area contributed by atoms with Crippen molar-refractivity contribution in [2.45, 2.75) is 6.92 Å². The van der Waals surface area contributed by atoms with Crippen LogP contribution in [0.3, 0.4) is 0 Å². The van der Waals surface area contributed by atoms with Gasteiger partial charge in [-0.15, -0.1) is 0 Å². The molecule has 3 aromatic rings. The van der Waals surface area contributed by atoms with E-state index in [2.05, 4.69) is 0 Å². The number of carbonyl (C=O) groups excluding carboxylic acids is 2. The normalized spacial score (nSPS) is 10.2. The summed E-state index contributed by atoms with van der Waals surface area (Å²) < 4.78 is 31.8. The standard InChI is InChI=1S/C25H24O8/c1-15-10-18(32-24(26)16-6-8-20(28-2)22(12-16)30-4)14-19(11-15)33-25(27)17-7-9-21(29-3)23(13-17)31-5/h6-14H,1-5H3. The zero-order chi connectivity index (χ0) is 24.0. The molecule has 0 saturated carbocycles. The molecule has 0 heterocycles. The zero-order valence-corrected chi connectivity index (χ0v) is 19.0. The van der Waals surface area contributed by atoms with Crippen LogP contribution in [-0.2, 0) is 0 Å². The number of rotatable bonds is 8. The highest BCUT2D eigenvalue weighted by Gasteiger charge is 2.16. The molecule has 0 aromatic heterocycles. The van der Waals surface area contributed by atoms with E-state index in [1.807, 2.05) is 0 Å². The monoisotopic (exact) mass is 452 g/mol. The van der Waals surface area contributed by atoms with Crippen LogP contribution in [0.4, 0.5) is 0 Å². The van der Waals surface area contributed by atoms with Gasteiger partial charge in [-0.1, -0.05) is 0 Å². The maximum atomic E-state index is 12.6. The van der Waals surface area contributed by atoms with E-state index >= 15 is 0 Å². The average molecular weight is 452 g/mol. The minimum Gasteiger partial charge on any atom is -0.493 e. The lowest BCUT2D eigenvalue weighted by atomic mass is 10.2. The largest absolute Gasteiger partial charge is 0.493 e. The van der Waals surface area contributed by atoms with Gasteiger partial charge in [0.25, 0.3) is 0 Å². The molecular weight excluding hydrogens is 428 g/mol. The van der Waals surface area contributed by atoms with Crippen LogP contribution in [0, 0.1) is 6.92 Å². The first-order chi connectivity index (χ1) is 15.9. The lowest BCUT2D eigenvalue weighted by molar-refractivity contribution is 0.0732. The van der Waals surface area contributed by atoms with Crippen LogP contribution in [0.25, 0.3) is 0 Å². The molecular formula is C25H24O8. The second-order valence-electron chi connectivity index (χ2n) is 6.90. The van der Waals surface area contributed by atoms with E-state index in [-0.39, 0.29) is 22.6 Å². The van der Waals surface area contributed by atoms with Gasteiger partial charge in [-0.05, 0) is 61.0 Å². The van der Waals surface area contributed by atoms with Crippen molar-refractivity contribution in [3.8, 4) is 34.5 Å². The molecule has 0 bridgehead atoms. The fourth-order valence-corrected chi connectivity index (χ4v) is 3.09. The van der Waals surface area contributed by atoms with Crippen LogP contribution >= 0.6 is 0 Å². The second-order valence-corrected chi connectivity index (χ2v) is 6.90. The lowest BCUT2D eigenvalue weighted by Crippen LogP contribution is -2.11. The van der Waals surface area contributed by atoms with Crippen molar-refractivity contribution >= 4 is 11.9 Å². The molecule has 8 heteroatoms. The Balaban J connectivity index is 1.78. The molecule has 0 aliphatic rings. The third kappa shape index (κ3) is 5.54. The summed E-state index contributed by atoms with van der Waals surface area (Å²) in [6.45, 7) is 1.79. The van der Waals surface area contributed by atoms with E-state index in [1.165, 1.54) is 46.6 Å². The summed E-state index contributed by atoms with van der Waals surface area (Å²) in [5.74, 6) is 1.05. The molecule has 33 heavy (non-hydrogen) atoms. The summed E-state index contributed by atoms with van der Waals surface area (Å²) in [5.41, 5.74) is 1.29. The van der Waals surface area contributed by atoms with Crippen molar-refractivity contribution in [3.63, 3.8) is 0 Å². The van der Waals surface area contributed by atoms with E-state index in [1.54, 1.807) is 43.3 Å². The molecule has 172 valence electrons. The number of benzene rings is 3. The SMILES string of the molecule is COc1ccc(C(=O)Oc2cc(C)cc(OC(=O)c3ccc(OC)c(OC)c3)c2)cc1OC. The highest BCUT2D eigenvalue weighted by molar-refractivity contribution is 5.93. The number of esters is 2. The second kappa shape index (κ2) is 10.4. The smallest absolute Gasteiger partial charge is 0.343 e. The summed E-state index contributed by atoms with van der Waals surface area (Å²) in [5, 5.41) is 0. The van der Waals surface area contributed by atoms with Crippen LogP contribution in [0.15, 0.2) is 54.6 Å². The summed E-state index contributed by atoms with van der Waals surface area (Å²) in [6, 6.07) is 14.2. The Morgan fingerprint density at radius 3 is 1.30 bits per heavy atom. The number of ether oxygens (including phenoxy) is 6. The van der Waals surface area contributed by atoms with Gasteiger partial charge in [-0.25, -0.2) is 9.59 Å². The summed E-state index contributed by atoms with van der Waals surface area (Å²) in [6.07, 6.45) is 0. The first-order valence-corrected chi connectivity index (χ1v) is 9.88. The van der Waals surface area contributed by atoms with Crippen molar-refractivity contribution in [1.29, 1.82) is 0 Å². The molecule has 0 N–H and O–H groups in total. The van der Waals surface area contributed by atoms with Crippen molar-refractivity contribution < 1.29 is 38.0 Å². The lowest BCUT2D eigenvalue weighted by Gasteiger charge is -2.12. The molecule has 3 aromatic carbocycles. The number of hydrogen-bond donors (Lipinski definition) is 0. The Hall–Kier alpha value is -4.20. The quantitative estimate of drug-likeness (QED) is 0.365. The van der Waals surface area contributed by atoms with Gasteiger partial charge >= 0.3 is 11.9 Å². The maximum absolute atomic E-state index is 12.6. The minimum absolute atomic E-state index is 0.227. The van der Waals surface area contributed by atoms with E-state index in [9.17, 15) is 9.59 Å². The van der Waals surface area contributed by atoms with Crippen LogP contribution in [0.5, 0.6) is 34.5 Å². The van der Waals surface area contributed by atoms with E-state index in [0.29, 0.717) is 23.0 Å². The molecule has 0 radical (unpaired) electrons. The van der Waals surface area contributed by atoms with Gasteiger partial charge in [0.05, 0.1) is 39.6 Å². The van der Waals surface area contributed by atoms with Crippen molar-refractivity contribution in [2.75, 3.05) is 28.4 Å². The zero-order valence-electron chi connectivity index (χ0n) is 19.0. The molecule has 0 fully saturated rings. The Bertz CT molecular complexity index is 1080. The fourth-order valence-electron chi connectivity index (χ4n) is 3.09. The third-order valence-electron chi connectivity index (χ3n) is 4.68. The highest BCUT2D eigenvalue weighted by Crippen LogP contribution is 2.30. The molecule has 0 amide bonds. The van der Waals surface area contributed by atoms with Crippen LogP contribution in [0.1, 0.15) is 26.3 Å². The minimum atomic E-state index is -0.598. The van der Waals surface area contributed by atoms with Crippen molar-refractivity contribution in [2.24, 2.45) is 0 Å². The molecule has 0 unspecified atom stereocenters. The van der Waals surface area contributed by atoms with E-state index < -0.39 is 11.9 Å². The third-order valence-corrected chi connectivity index (χ3v) is 4.68. The van der Waals surface area contributed by atoms with Crippen LogP contribution < -0.4 is 28.4 Å². The van der Waals surface area contributed by atoms with E-state index in [0.717, 1.165) is 5.56 Å². The first-order valence-electron chi connectivity index (χ1n) is 9.88. The summed E-state index contributed by atoms with van der Waals surface area (Å²) >= 11 is 0. The van der Waals surface area contributed by atoms with Gasteiger partial charge in [0, 0.05) is 6.07 Å². The van der Waals surface area contributed by atoms with Crippen LogP contribution in [-0.4, -0.2) is 40.4 Å². The Labute approximate surface area is 191 Å². The highest BCUT2D eigenvalue weighted by atomic mass is 16.5. The molecule has 0 saturated heterocycles. The summed E-state index contributed by atoms with van der Waals surface area (Å²) in [4.78, 5) is 25.3. The predicted molar refractivity (Wildman–Crippen MR) is 120 cm³/mol. The fraction of sp³-hybridized carbons (Fsp3) is 0.200. The number of methoxy groups -OCH3 is 4. The molecule has 0 spiro atoms. The summed E-state index contributed by atoms with van der Waals surface area (Å²) in [7, 11) is 5.97.